The summed E-state index contributed by atoms with van der Waals surface area (Å²) in [6, 6.07) is 3.13. The average molecular weight is 355 g/mol. The van der Waals surface area contributed by atoms with Gasteiger partial charge in [0.15, 0.2) is 5.78 Å². The van der Waals surface area contributed by atoms with Crippen LogP contribution in [0.1, 0.15) is 37.0 Å². The van der Waals surface area contributed by atoms with Crippen LogP contribution in [-0.2, 0) is 14.3 Å². The van der Waals surface area contributed by atoms with Crippen molar-refractivity contribution in [3.05, 3.63) is 35.4 Å². The van der Waals surface area contributed by atoms with Crippen molar-refractivity contribution >= 4 is 11.8 Å². The second kappa shape index (κ2) is 9.01. The Bertz CT molecular complexity index is 621. The zero-order chi connectivity index (χ0) is 18.4. The standard InChI is InChI=1S/C18H23F2NO4/c1-12(2)21-7-8-24-14(10-21)11-25-18(23)6-5-17(22)15-4-3-13(19)9-16(15)20/h3-4,9,12,14H,5-8,10-11H2,1-2H3. The summed E-state index contributed by atoms with van der Waals surface area (Å²) < 4.78 is 37.1. The fourth-order valence-electron chi connectivity index (χ4n) is 2.64. The van der Waals surface area contributed by atoms with Gasteiger partial charge < -0.3 is 9.47 Å². The fraction of sp³-hybridized carbons (Fsp3) is 0.556. The van der Waals surface area contributed by atoms with Crippen LogP contribution in [0.25, 0.3) is 0 Å². The molecule has 0 aromatic heterocycles. The maximum absolute atomic E-state index is 13.5. The molecule has 0 N–H and O–H groups in total. The molecule has 1 aliphatic rings. The van der Waals surface area contributed by atoms with Gasteiger partial charge in [0, 0.05) is 31.6 Å². The predicted molar refractivity (Wildman–Crippen MR) is 87.3 cm³/mol. The Morgan fingerprint density at radius 3 is 2.76 bits per heavy atom. The smallest absolute Gasteiger partial charge is 0.306 e. The van der Waals surface area contributed by atoms with E-state index in [1.807, 2.05) is 0 Å². The number of nitrogens with zero attached hydrogens (tertiary/aromatic N) is 1. The quantitative estimate of drug-likeness (QED) is 0.556. The lowest BCUT2D eigenvalue weighted by Gasteiger charge is -2.35. The van der Waals surface area contributed by atoms with E-state index in [4.69, 9.17) is 9.47 Å². The van der Waals surface area contributed by atoms with E-state index in [-0.39, 0.29) is 31.1 Å². The van der Waals surface area contributed by atoms with Crippen LogP contribution in [0.2, 0.25) is 0 Å². The molecule has 0 saturated carbocycles. The van der Waals surface area contributed by atoms with Crippen LogP contribution in [0.15, 0.2) is 18.2 Å². The molecule has 5 nitrogen and oxygen atoms in total. The maximum atomic E-state index is 13.5. The predicted octanol–water partition coefficient (Wildman–Crippen LogP) is 2.58. The van der Waals surface area contributed by atoms with Gasteiger partial charge in [-0.1, -0.05) is 0 Å². The summed E-state index contributed by atoms with van der Waals surface area (Å²) in [5.74, 6) is -2.78. The van der Waals surface area contributed by atoms with Crippen LogP contribution in [0.5, 0.6) is 0 Å². The van der Waals surface area contributed by atoms with Gasteiger partial charge in [-0.25, -0.2) is 8.78 Å². The molecule has 0 amide bonds. The van der Waals surface area contributed by atoms with Crippen LogP contribution in [0, 0.1) is 11.6 Å². The van der Waals surface area contributed by atoms with Crippen molar-refractivity contribution in [2.75, 3.05) is 26.3 Å². The van der Waals surface area contributed by atoms with E-state index in [0.29, 0.717) is 25.3 Å². The lowest BCUT2D eigenvalue weighted by molar-refractivity contribution is -0.150. The van der Waals surface area contributed by atoms with Crippen LogP contribution in [-0.4, -0.2) is 55.1 Å². The van der Waals surface area contributed by atoms with E-state index in [1.165, 1.54) is 0 Å². The number of halogens is 2. The molecule has 25 heavy (non-hydrogen) atoms. The summed E-state index contributed by atoms with van der Waals surface area (Å²) in [6.45, 7) is 6.43. The molecule has 7 heteroatoms. The number of morpholine rings is 1. The summed E-state index contributed by atoms with van der Waals surface area (Å²) in [7, 11) is 0. The van der Waals surface area contributed by atoms with E-state index in [9.17, 15) is 18.4 Å². The number of benzene rings is 1. The molecule has 138 valence electrons. The molecule has 0 aliphatic carbocycles. The van der Waals surface area contributed by atoms with Gasteiger partial charge in [0.2, 0.25) is 0 Å². The molecule has 1 heterocycles. The molecule has 0 spiro atoms. The molecule has 0 radical (unpaired) electrons. The van der Waals surface area contributed by atoms with Crippen molar-refractivity contribution in [2.24, 2.45) is 0 Å². The highest BCUT2D eigenvalue weighted by Crippen LogP contribution is 2.13. The van der Waals surface area contributed by atoms with Crippen LogP contribution < -0.4 is 0 Å². The number of carbonyl (C=O) groups excluding carboxylic acids is 2. The number of Topliss-reactive ketones (excluding diaryl/α,β-unsaturated/α-hetero) is 1. The molecule has 1 aliphatic heterocycles. The Morgan fingerprint density at radius 2 is 2.08 bits per heavy atom. The van der Waals surface area contributed by atoms with Crippen LogP contribution in [0.3, 0.4) is 0 Å². The first-order chi connectivity index (χ1) is 11.9. The SMILES string of the molecule is CC(C)N1CCOC(COC(=O)CCC(=O)c2ccc(F)cc2F)C1. The summed E-state index contributed by atoms with van der Waals surface area (Å²) in [5, 5.41) is 0. The molecular formula is C18H23F2NO4. The van der Waals surface area contributed by atoms with Gasteiger partial charge >= 0.3 is 5.97 Å². The molecule has 1 fully saturated rings. The number of esters is 1. The number of rotatable bonds is 7. The van der Waals surface area contributed by atoms with Crippen molar-refractivity contribution in [1.29, 1.82) is 0 Å². The fourth-order valence-corrected chi connectivity index (χ4v) is 2.64. The second-order valence-corrected chi connectivity index (χ2v) is 6.31. The number of ketones is 1. The van der Waals surface area contributed by atoms with Gasteiger partial charge in [-0.15, -0.1) is 0 Å². The van der Waals surface area contributed by atoms with E-state index < -0.39 is 23.4 Å². The lowest BCUT2D eigenvalue weighted by atomic mass is 10.1. The third-order valence-electron chi connectivity index (χ3n) is 4.12. The number of hydrogen-bond acceptors (Lipinski definition) is 5. The van der Waals surface area contributed by atoms with Crippen molar-refractivity contribution in [2.45, 2.75) is 38.8 Å². The minimum atomic E-state index is -0.928. The number of ether oxygens (including phenoxy) is 2. The highest BCUT2D eigenvalue weighted by molar-refractivity contribution is 5.97. The van der Waals surface area contributed by atoms with Crippen LogP contribution in [0.4, 0.5) is 8.78 Å². The summed E-state index contributed by atoms with van der Waals surface area (Å²) in [4.78, 5) is 25.9. The molecule has 1 saturated heterocycles. The van der Waals surface area contributed by atoms with Crippen molar-refractivity contribution in [3.63, 3.8) is 0 Å². The maximum Gasteiger partial charge on any atom is 0.306 e. The summed E-state index contributed by atoms with van der Waals surface area (Å²) in [6.07, 6.45) is -0.535. The first-order valence-corrected chi connectivity index (χ1v) is 8.36. The van der Waals surface area contributed by atoms with Gasteiger partial charge in [0.25, 0.3) is 0 Å². The molecule has 1 aromatic rings. The van der Waals surface area contributed by atoms with Gasteiger partial charge in [-0.2, -0.15) is 0 Å². The van der Waals surface area contributed by atoms with Crippen molar-refractivity contribution in [3.8, 4) is 0 Å². The average Bonchev–Trinajstić information content (AvgIpc) is 2.58. The van der Waals surface area contributed by atoms with Gasteiger partial charge in [0.05, 0.1) is 18.6 Å². The highest BCUT2D eigenvalue weighted by Gasteiger charge is 2.23. The van der Waals surface area contributed by atoms with Crippen LogP contribution >= 0.6 is 0 Å². The number of hydrogen-bond donors (Lipinski definition) is 0. The highest BCUT2D eigenvalue weighted by atomic mass is 19.1. The zero-order valence-corrected chi connectivity index (χ0v) is 14.5. The summed E-state index contributed by atoms with van der Waals surface area (Å²) >= 11 is 0. The Labute approximate surface area is 145 Å². The van der Waals surface area contributed by atoms with E-state index in [1.54, 1.807) is 0 Å². The first-order valence-electron chi connectivity index (χ1n) is 8.36. The minimum Gasteiger partial charge on any atom is -0.463 e. The normalized spacial score (nSPS) is 18.4. The Morgan fingerprint density at radius 1 is 1.32 bits per heavy atom. The molecule has 1 atom stereocenters. The lowest BCUT2D eigenvalue weighted by Crippen LogP contribution is -2.47. The Kier molecular flexibility index (Phi) is 7.01. The van der Waals surface area contributed by atoms with Gasteiger partial charge in [-0.3, -0.25) is 14.5 Å². The molecule has 2 rings (SSSR count). The van der Waals surface area contributed by atoms with E-state index >= 15 is 0 Å². The summed E-state index contributed by atoms with van der Waals surface area (Å²) in [5.41, 5.74) is -0.225. The Hall–Kier alpha value is -1.86. The molecule has 1 aromatic carbocycles. The molecular weight excluding hydrogens is 332 g/mol. The zero-order valence-electron chi connectivity index (χ0n) is 14.5. The minimum absolute atomic E-state index is 0.126. The van der Waals surface area contributed by atoms with E-state index in [0.717, 1.165) is 18.7 Å². The molecule has 0 bridgehead atoms. The van der Waals surface area contributed by atoms with Crippen molar-refractivity contribution in [1.82, 2.24) is 4.90 Å². The van der Waals surface area contributed by atoms with Gasteiger partial charge in [0.1, 0.15) is 24.3 Å². The number of carbonyl (C=O) groups is 2. The van der Waals surface area contributed by atoms with Gasteiger partial charge in [-0.05, 0) is 26.0 Å². The van der Waals surface area contributed by atoms with Crippen molar-refractivity contribution < 1.29 is 27.8 Å². The Balaban J connectivity index is 1.74. The first kappa shape index (κ1) is 19.5. The molecule has 1 unspecified atom stereocenters. The third kappa shape index (κ3) is 5.86. The third-order valence-corrected chi connectivity index (χ3v) is 4.12. The monoisotopic (exact) mass is 355 g/mol. The topological polar surface area (TPSA) is 55.8 Å². The second-order valence-electron chi connectivity index (χ2n) is 6.31. The van der Waals surface area contributed by atoms with E-state index in [2.05, 4.69) is 18.7 Å². The largest absolute Gasteiger partial charge is 0.463 e.